The number of halogens is 3. The van der Waals surface area contributed by atoms with Crippen molar-refractivity contribution in [3.05, 3.63) is 47.7 Å². The molecule has 2 unspecified atom stereocenters. The van der Waals surface area contributed by atoms with Crippen LogP contribution < -0.4 is 5.32 Å². The highest BCUT2D eigenvalue weighted by atomic mass is 19.4. The molecular weight excluding hydrogens is 331 g/mol. The first kappa shape index (κ1) is 16.2. The number of fused-ring (bicyclic) bond motifs is 1. The van der Waals surface area contributed by atoms with Crippen molar-refractivity contribution >= 4 is 11.6 Å². The summed E-state index contributed by atoms with van der Waals surface area (Å²) in [6.07, 6.45) is 3.29. The van der Waals surface area contributed by atoms with E-state index < -0.39 is 17.7 Å². The predicted molar refractivity (Wildman–Crippen MR) is 86.6 cm³/mol. The van der Waals surface area contributed by atoms with Gasteiger partial charge in [0, 0.05) is 12.2 Å². The summed E-state index contributed by atoms with van der Waals surface area (Å²) >= 11 is 0. The van der Waals surface area contributed by atoms with E-state index in [0.717, 1.165) is 37.8 Å². The molecule has 1 fully saturated rings. The Balaban J connectivity index is 1.75. The second kappa shape index (κ2) is 5.89. The fraction of sp³-hybridized carbons (Fsp3) is 0.444. The van der Waals surface area contributed by atoms with E-state index in [1.165, 1.54) is 6.07 Å². The average molecular weight is 349 g/mol. The molecule has 0 bridgehead atoms. The van der Waals surface area contributed by atoms with Gasteiger partial charge in [0.2, 0.25) is 5.91 Å². The number of hydrogen-bond acceptors (Lipinski definition) is 3. The molecule has 1 saturated carbocycles. The fourth-order valence-electron chi connectivity index (χ4n) is 3.95. The first-order valence-electron chi connectivity index (χ1n) is 8.46. The maximum Gasteiger partial charge on any atom is 0.416 e. The van der Waals surface area contributed by atoms with E-state index in [1.807, 2.05) is 11.1 Å². The molecule has 0 saturated heterocycles. The minimum atomic E-state index is -4.42. The first-order chi connectivity index (χ1) is 11.9. The summed E-state index contributed by atoms with van der Waals surface area (Å²) < 4.78 is 39.1. The smallest absolute Gasteiger partial charge is 0.332 e. The van der Waals surface area contributed by atoms with Gasteiger partial charge in [-0.1, -0.05) is 25.0 Å². The lowest BCUT2D eigenvalue weighted by molar-refractivity contribution is -0.137. The molecule has 2 heterocycles. The van der Waals surface area contributed by atoms with Crippen molar-refractivity contribution in [3.63, 3.8) is 0 Å². The number of nitrogens with zero attached hydrogens (tertiary/aromatic N) is 2. The Labute approximate surface area is 143 Å². The van der Waals surface area contributed by atoms with Crippen LogP contribution in [0.3, 0.4) is 0 Å². The molecule has 132 valence electrons. The SMILES string of the molecule is O=C1NC=CC2C1C(c1cccc(C(F)(F)F)c1)=NN2C1CCCC1. The standard InChI is InChI=1S/C18H18F3N3O/c19-18(20,21)12-5-3-4-11(10-12)16-15-14(8-9-22-17(15)25)24(23-16)13-6-1-2-7-13/h3-5,8-10,13-15H,1-2,6-7H2,(H,22,25). The Morgan fingerprint density at radius 2 is 1.96 bits per heavy atom. The second-order valence-corrected chi connectivity index (χ2v) is 6.72. The van der Waals surface area contributed by atoms with Crippen molar-refractivity contribution in [2.24, 2.45) is 11.0 Å². The van der Waals surface area contributed by atoms with Crippen LogP contribution in [-0.2, 0) is 11.0 Å². The largest absolute Gasteiger partial charge is 0.416 e. The van der Waals surface area contributed by atoms with Gasteiger partial charge >= 0.3 is 6.18 Å². The summed E-state index contributed by atoms with van der Waals surface area (Å²) in [5, 5.41) is 9.22. The Morgan fingerprint density at radius 3 is 2.68 bits per heavy atom. The highest BCUT2D eigenvalue weighted by Crippen LogP contribution is 2.37. The predicted octanol–water partition coefficient (Wildman–Crippen LogP) is 3.30. The molecule has 1 aromatic carbocycles. The summed E-state index contributed by atoms with van der Waals surface area (Å²) in [4.78, 5) is 12.4. The zero-order valence-corrected chi connectivity index (χ0v) is 13.5. The van der Waals surface area contributed by atoms with Crippen LogP contribution in [-0.4, -0.2) is 28.7 Å². The maximum atomic E-state index is 13.0. The lowest BCUT2D eigenvalue weighted by Crippen LogP contribution is -2.46. The molecule has 0 aromatic heterocycles. The fourth-order valence-corrected chi connectivity index (χ4v) is 3.95. The lowest BCUT2D eigenvalue weighted by Gasteiger charge is -2.31. The maximum absolute atomic E-state index is 13.0. The topological polar surface area (TPSA) is 44.7 Å². The number of hydrazone groups is 1. The minimum Gasteiger partial charge on any atom is -0.332 e. The molecule has 1 aromatic rings. The van der Waals surface area contributed by atoms with Crippen LogP contribution in [0.2, 0.25) is 0 Å². The first-order valence-corrected chi connectivity index (χ1v) is 8.46. The minimum absolute atomic E-state index is 0.218. The number of carbonyl (C=O) groups is 1. The zero-order valence-electron chi connectivity index (χ0n) is 13.5. The van der Waals surface area contributed by atoms with Crippen molar-refractivity contribution in [3.8, 4) is 0 Å². The van der Waals surface area contributed by atoms with Gasteiger partial charge in [-0.2, -0.15) is 18.3 Å². The van der Waals surface area contributed by atoms with Gasteiger partial charge in [-0.25, -0.2) is 0 Å². The van der Waals surface area contributed by atoms with Crippen molar-refractivity contribution < 1.29 is 18.0 Å². The van der Waals surface area contributed by atoms with Gasteiger partial charge in [-0.3, -0.25) is 9.80 Å². The number of hydrogen-bond donors (Lipinski definition) is 1. The molecule has 3 aliphatic rings. The highest BCUT2D eigenvalue weighted by molar-refractivity contribution is 6.15. The number of alkyl halides is 3. The van der Waals surface area contributed by atoms with E-state index in [2.05, 4.69) is 10.4 Å². The molecule has 1 N–H and O–H groups in total. The molecule has 0 radical (unpaired) electrons. The summed E-state index contributed by atoms with van der Waals surface area (Å²) in [5.74, 6) is -0.793. The van der Waals surface area contributed by atoms with Gasteiger partial charge in [0.1, 0.15) is 5.92 Å². The third-order valence-corrected chi connectivity index (χ3v) is 5.15. The molecule has 7 heteroatoms. The monoisotopic (exact) mass is 349 g/mol. The Bertz CT molecular complexity index is 750. The van der Waals surface area contributed by atoms with E-state index in [4.69, 9.17) is 0 Å². The summed E-state index contributed by atoms with van der Waals surface area (Å²) in [6, 6.07) is 5.10. The van der Waals surface area contributed by atoms with E-state index in [9.17, 15) is 18.0 Å². The van der Waals surface area contributed by atoms with Crippen molar-refractivity contribution in [1.82, 2.24) is 10.3 Å². The number of carbonyl (C=O) groups excluding carboxylic acids is 1. The van der Waals surface area contributed by atoms with E-state index >= 15 is 0 Å². The zero-order chi connectivity index (χ0) is 17.6. The number of rotatable bonds is 2. The number of amides is 1. The van der Waals surface area contributed by atoms with Crippen molar-refractivity contribution in [1.29, 1.82) is 0 Å². The molecule has 4 nitrogen and oxygen atoms in total. The second-order valence-electron chi connectivity index (χ2n) is 6.72. The number of benzene rings is 1. The van der Waals surface area contributed by atoms with Gasteiger partial charge in [0.25, 0.3) is 0 Å². The molecule has 0 spiro atoms. The van der Waals surface area contributed by atoms with Crippen LogP contribution in [0.5, 0.6) is 0 Å². The Hall–Kier alpha value is -2.31. The van der Waals surface area contributed by atoms with Crippen LogP contribution in [0.15, 0.2) is 41.6 Å². The summed E-state index contributed by atoms with van der Waals surface area (Å²) in [7, 11) is 0. The summed E-state index contributed by atoms with van der Waals surface area (Å²) in [6.45, 7) is 0. The third-order valence-electron chi connectivity index (χ3n) is 5.15. The normalized spacial score (nSPS) is 26.6. The van der Waals surface area contributed by atoms with Gasteiger partial charge in [0.05, 0.1) is 17.3 Å². The molecule has 2 atom stereocenters. The van der Waals surface area contributed by atoms with Crippen molar-refractivity contribution in [2.75, 3.05) is 0 Å². The number of nitrogens with one attached hydrogen (secondary N) is 1. The summed E-state index contributed by atoms with van der Waals surface area (Å²) in [5.41, 5.74) is 0.0518. The quantitative estimate of drug-likeness (QED) is 0.890. The van der Waals surface area contributed by atoms with Crippen LogP contribution in [0.4, 0.5) is 13.2 Å². The van der Waals surface area contributed by atoms with Crippen LogP contribution in [0.1, 0.15) is 36.8 Å². The van der Waals surface area contributed by atoms with Crippen molar-refractivity contribution in [2.45, 2.75) is 43.9 Å². The van der Waals surface area contributed by atoms with Crippen LogP contribution in [0, 0.1) is 5.92 Å². The molecule has 1 amide bonds. The van der Waals surface area contributed by atoms with Crippen LogP contribution >= 0.6 is 0 Å². The van der Waals surface area contributed by atoms with E-state index in [-0.39, 0.29) is 18.0 Å². The molecular formula is C18H18F3N3O. The van der Waals surface area contributed by atoms with E-state index in [0.29, 0.717) is 11.3 Å². The van der Waals surface area contributed by atoms with Gasteiger partial charge < -0.3 is 5.32 Å². The van der Waals surface area contributed by atoms with Gasteiger partial charge in [-0.15, -0.1) is 0 Å². The average Bonchev–Trinajstić information content (AvgIpc) is 3.22. The Kier molecular flexibility index (Phi) is 3.81. The van der Waals surface area contributed by atoms with Crippen LogP contribution in [0.25, 0.3) is 0 Å². The molecule has 25 heavy (non-hydrogen) atoms. The molecule has 2 aliphatic heterocycles. The molecule has 4 rings (SSSR count). The van der Waals surface area contributed by atoms with E-state index in [1.54, 1.807) is 12.3 Å². The van der Waals surface area contributed by atoms with Gasteiger partial charge in [-0.05, 0) is 36.6 Å². The molecule has 1 aliphatic carbocycles. The highest BCUT2D eigenvalue weighted by Gasteiger charge is 2.45. The third kappa shape index (κ3) is 2.81. The van der Waals surface area contributed by atoms with Gasteiger partial charge in [0.15, 0.2) is 0 Å². The Morgan fingerprint density at radius 1 is 1.20 bits per heavy atom. The lowest BCUT2D eigenvalue weighted by atomic mass is 9.88.